The van der Waals surface area contributed by atoms with Crippen LogP contribution in [0, 0.1) is 6.92 Å². The molecule has 2 heterocycles. The Balaban J connectivity index is 1.92. The number of aryl methyl sites for hydroxylation is 1. The summed E-state index contributed by atoms with van der Waals surface area (Å²) in [7, 11) is -2.27. The van der Waals surface area contributed by atoms with E-state index >= 15 is 0 Å². The van der Waals surface area contributed by atoms with Crippen molar-refractivity contribution >= 4 is 32.4 Å². The second kappa shape index (κ2) is 9.04. The molecule has 0 saturated carbocycles. The van der Waals surface area contributed by atoms with Gasteiger partial charge < -0.3 is 9.72 Å². The van der Waals surface area contributed by atoms with Gasteiger partial charge in [-0.3, -0.25) is 0 Å². The molecule has 0 aliphatic heterocycles. The van der Waals surface area contributed by atoms with E-state index in [0.29, 0.717) is 16.9 Å². The summed E-state index contributed by atoms with van der Waals surface area (Å²) in [4.78, 5) is 24.1. The maximum Gasteiger partial charge on any atom is 0.333 e. The van der Waals surface area contributed by atoms with E-state index in [1.807, 2.05) is 26.0 Å². The molecular formula is C22H23N3O4S. The molecular weight excluding hydrogens is 402 g/mol. The van der Waals surface area contributed by atoms with Gasteiger partial charge in [-0.25, -0.2) is 23.2 Å². The molecule has 2 aromatic heterocycles. The lowest BCUT2D eigenvalue weighted by Crippen LogP contribution is -2.13. The second-order valence-electron chi connectivity index (χ2n) is 6.75. The Morgan fingerprint density at radius 3 is 2.57 bits per heavy atom. The van der Waals surface area contributed by atoms with Gasteiger partial charge in [0.25, 0.3) is 0 Å². The smallest absolute Gasteiger partial charge is 0.333 e. The first-order chi connectivity index (χ1) is 14.4. The van der Waals surface area contributed by atoms with Crippen molar-refractivity contribution in [3.8, 4) is 0 Å². The Hall–Kier alpha value is -3.26. The van der Waals surface area contributed by atoms with Crippen LogP contribution < -0.4 is 0 Å². The molecule has 0 unspecified atom stereocenters. The molecule has 0 aliphatic rings. The Labute approximate surface area is 175 Å². The molecule has 0 radical (unpaired) electrons. The van der Waals surface area contributed by atoms with Gasteiger partial charge in [-0.1, -0.05) is 23.8 Å². The van der Waals surface area contributed by atoms with Crippen LogP contribution in [0.2, 0.25) is 0 Å². The SMILES string of the molecule is C/C=C(\C=C(/CCS(=O)(=O)c1ccc(C)cc1)C(=O)OC)c1ncnc2[nH]ccc12. The standard InChI is InChI=1S/C22H23N3O4S/c1-4-16(20-19-9-11-23-21(19)25-14-24-20)13-17(22(26)29-3)10-12-30(27,28)18-7-5-15(2)6-8-18/h4-9,11,13-14H,10,12H2,1-3H3,(H,23,24,25)/b16-4+,17-13+. The number of aromatic amines is 1. The molecule has 1 aromatic carbocycles. The fourth-order valence-corrected chi connectivity index (χ4v) is 4.33. The highest BCUT2D eigenvalue weighted by Crippen LogP contribution is 2.25. The zero-order chi connectivity index (χ0) is 21.7. The Kier molecular flexibility index (Phi) is 6.47. The molecule has 0 spiro atoms. The Morgan fingerprint density at radius 2 is 1.90 bits per heavy atom. The van der Waals surface area contributed by atoms with Crippen molar-refractivity contribution in [2.75, 3.05) is 12.9 Å². The van der Waals surface area contributed by atoms with Gasteiger partial charge in [0.05, 0.1) is 23.5 Å². The van der Waals surface area contributed by atoms with E-state index in [-0.39, 0.29) is 22.6 Å². The number of methoxy groups -OCH3 is 1. The summed E-state index contributed by atoms with van der Waals surface area (Å²) in [6.07, 6.45) is 6.65. The summed E-state index contributed by atoms with van der Waals surface area (Å²) < 4.78 is 30.3. The first-order valence-corrected chi connectivity index (χ1v) is 11.0. The number of carbonyl (C=O) groups excluding carboxylic acids is 1. The zero-order valence-electron chi connectivity index (χ0n) is 17.0. The molecule has 156 valence electrons. The number of H-pyrrole nitrogens is 1. The number of rotatable bonds is 7. The highest BCUT2D eigenvalue weighted by molar-refractivity contribution is 7.91. The Bertz CT molecular complexity index is 1220. The van der Waals surface area contributed by atoms with E-state index in [0.717, 1.165) is 10.9 Å². The zero-order valence-corrected chi connectivity index (χ0v) is 17.9. The van der Waals surface area contributed by atoms with Crippen LogP contribution in [0.15, 0.2) is 65.5 Å². The van der Waals surface area contributed by atoms with E-state index < -0.39 is 15.8 Å². The van der Waals surface area contributed by atoms with Gasteiger partial charge in [0, 0.05) is 17.2 Å². The van der Waals surface area contributed by atoms with Gasteiger partial charge in [-0.2, -0.15) is 0 Å². The third kappa shape index (κ3) is 4.65. The van der Waals surface area contributed by atoms with Crippen LogP contribution in [-0.4, -0.2) is 42.2 Å². The van der Waals surface area contributed by atoms with Crippen LogP contribution >= 0.6 is 0 Å². The molecule has 0 fully saturated rings. The average Bonchev–Trinajstić information content (AvgIpc) is 3.23. The number of ether oxygens (including phenoxy) is 1. The van der Waals surface area contributed by atoms with Gasteiger partial charge in [-0.15, -0.1) is 0 Å². The summed E-state index contributed by atoms with van der Waals surface area (Å²) >= 11 is 0. The molecule has 0 saturated heterocycles. The maximum atomic E-state index is 12.7. The quantitative estimate of drug-likeness (QED) is 0.352. The minimum atomic E-state index is -3.55. The maximum absolute atomic E-state index is 12.7. The van der Waals surface area contributed by atoms with Crippen molar-refractivity contribution in [3.05, 3.63) is 71.8 Å². The van der Waals surface area contributed by atoms with E-state index in [2.05, 4.69) is 15.0 Å². The van der Waals surface area contributed by atoms with Crippen LogP contribution in [0.25, 0.3) is 16.6 Å². The van der Waals surface area contributed by atoms with Crippen molar-refractivity contribution in [1.82, 2.24) is 15.0 Å². The van der Waals surface area contributed by atoms with Crippen LogP contribution in [0.1, 0.15) is 24.6 Å². The van der Waals surface area contributed by atoms with E-state index in [1.54, 1.807) is 36.5 Å². The summed E-state index contributed by atoms with van der Waals surface area (Å²) in [5.41, 5.74) is 3.22. The number of carbonyl (C=O) groups is 1. The van der Waals surface area contributed by atoms with Gasteiger partial charge in [-0.05, 0) is 50.1 Å². The first-order valence-electron chi connectivity index (χ1n) is 9.39. The van der Waals surface area contributed by atoms with Gasteiger partial charge in [0.15, 0.2) is 9.84 Å². The number of hydrogen-bond acceptors (Lipinski definition) is 6. The topological polar surface area (TPSA) is 102 Å². The summed E-state index contributed by atoms with van der Waals surface area (Å²) in [5, 5.41) is 0.804. The largest absolute Gasteiger partial charge is 0.466 e. The normalized spacial score (nSPS) is 12.9. The number of nitrogens with one attached hydrogen (secondary N) is 1. The number of hydrogen-bond donors (Lipinski definition) is 1. The number of esters is 1. The molecule has 0 bridgehead atoms. The number of nitrogens with zero attached hydrogens (tertiary/aromatic N) is 2. The van der Waals surface area contributed by atoms with Crippen LogP contribution in [-0.2, 0) is 19.4 Å². The van der Waals surface area contributed by atoms with Crippen LogP contribution in [0.5, 0.6) is 0 Å². The van der Waals surface area contributed by atoms with Gasteiger partial charge in [0.1, 0.15) is 12.0 Å². The van der Waals surface area contributed by atoms with Crippen LogP contribution in [0.4, 0.5) is 0 Å². The summed E-state index contributed by atoms with van der Waals surface area (Å²) in [5.74, 6) is -0.787. The van der Waals surface area contributed by atoms with E-state index in [1.165, 1.54) is 13.4 Å². The molecule has 7 nitrogen and oxygen atoms in total. The highest BCUT2D eigenvalue weighted by Gasteiger charge is 2.19. The highest BCUT2D eigenvalue weighted by atomic mass is 32.2. The number of sulfone groups is 1. The second-order valence-corrected chi connectivity index (χ2v) is 8.86. The fraction of sp³-hybridized carbons (Fsp3) is 0.227. The molecule has 8 heteroatoms. The molecule has 3 aromatic rings. The molecule has 0 atom stereocenters. The third-order valence-corrected chi connectivity index (χ3v) is 6.47. The summed E-state index contributed by atoms with van der Waals surface area (Å²) in [6.45, 7) is 3.71. The minimum absolute atomic E-state index is 0.0155. The lowest BCUT2D eigenvalue weighted by atomic mass is 10.0. The molecule has 30 heavy (non-hydrogen) atoms. The predicted octanol–water partition coefficient (Wildman–Crippen LogP) is 3.63. The van der Waals surface area contributed by atoms with Crippen LogP contribution in [0.3, 0.4) is 0 Å². The van der Waals surface area contributed by atoms with E-state index in [9.17, 15) is 13.2 Å². The lowest BCUT2D eigenvalue weighted by Gasteiger charge is -2.09. The minimum Gasteiger partial charge on any atom is -0.466 e. The van der Waals surface area contributed by atoms with Crippen molar-refractivity contribution in [2.45, 2.75) is 25.2 Å². The number of aromatic nitrogens is 3. The average molecular weight is 426 g/mol. The van der Waals surface area contributed by atoms with Gasteiger partial charge >= 0.3 is 5.97 Å². The number of allylic oxidation sites excluding steroid dienone is 3. The predicted molar refractivity (Wildman–Crippen MR) is 115 cm³/mol. The van der Waals surface area contributed by atoms with Crippen molar-refractivity contribution in [3.63, 3.8) is 0 Å². The van der Waals surface area contributed by atoms with Gasteiger partial charge in [0.2, 0.25) is 0 Å². The molecule has 0 amide bonds. The van der Waals surface area contributed by atoms with Crippen molar-refractivity contribution < 1.29 is 17.9 Å². The fourth-order valence-electron chi connectivity index (χ4n) is 3.05. The van der Waals surface area contributed by atoms with E-state index in [4.69, 9.17) is 4.74 Å². The van der Waals surface area contributed by atoms with Crippen molar-refractivity contribution in [1.29, 1.82) is 0 Å². The molecule has 3 rings (SSSR count). The molecule has 0 aliphatic carbocycles. The first kappa shape index (κ1) is 21.4. The lowest BCUT2D eigenvalue weighted by molar-refractivity contribution is -0.136. The number of benzene rings is 1. The van der Waals surface area contributed by atoms with Crippen molar-refractivity contribution in [2.24, 2.45) is 0 Å². The summed E-state index contributed by atoms with van der Waals surface area (Å²) in [6, 6.07) is 8.50. The number of fused-ring (bicyclic) bond motifs is 1. The third-order valence-electron chi connectivity index (χ3n) is 4.74. The monoisotopic (exact) mass is 425 g/mol. The Morgan fingerprint density at radius 1 is 1.17 bits per heavy atom. The molecule has 1 N–H and O–H groups in total.